The maximum absolute atomic E-state index is 10.5. The van der Waals surface area contributed by atoms with Crippen LogP contribution in [-0.2, 0) is 10.2 Å². The molecule has 0 fully saturated rings. The molecule has 0 aliphatic carbocycles. The van der Waals surface area contributed by atoms with Crippen LogP contribution in [0, 0.1) is 0 Å². The maximum Gasteiger partial charge on any atom is 0.211 e. The van der Waals surface area contributed by atoms with Crippen LogP contribution in [0.3, 0.4) is 0 Å². The summed E-state index contributed by atoms with van der Waals surface area (Å²) in [6.07, 6.45) is 8.37. The van der Waals surface area contributed by atoms with E-state index in [1.807, 2.05) is 18.2 Å². The van der Waals surface area contributed by atoms with Gasteiger partial charge < -0.3 is 9.64 Å². The molecular weight excluding hydrogens is 310 g/mol. The number of nitrogens with zero attached hydrogens (tertiary/aromatic N) is 1. The number of likely N-dealkylation sites (N-methyl/N-ethyl adjacent to an activating group) is 1. The average Bonchev–Trinajstić information content (AvgIpc) is 2.79. The number of rotatable bonds is 2. The number of carbonyl (C=O) groups is 1. The molecule has 1 spiro atoms. The van der Waals surface area contributed by atoms with Crippen LogP contribution in [0.4, 0.5) is 5.69 Å². The van der Waals surface area contributed by atoms with E-state index in [0.29, 0.717) is 0 Å². The molecule has 25 heavy (non-hydrogen) atoms. The van der Waals surface area contributed by atoms with Gasteiger partial charge in [0.05, 0.1) is 5.41 Å². The van der Waals surface area contributed by atoms with Gasteiger partial charge in [-0.25, -0.2) is 0 Å². The molecule has 2 aromatic carbocycles. The van der Waals surface area contributed by atoms with Gasteiger partial charge >= 0.3 is 0 Å². The van der Waals surface area contributed by atoms with E-state index in [4.69, 9.17) is 4.74 Å². The largest absolute Gasteiger partial charge is 0.463 e. The number of para-hydroxylation sites is 1. The minimum atomic E-state index is -0.552. The van der Waals surface area contributed by atoms with Crippen LogP contribution in [-0.4, -0.2) is 19.1 Å². The van der Waals surface area contributed by atoms with Crippen molar-refractivity contribution in [3.05, 3.63) is 71.3 Å². The Hall–Kier alpha value is -2.81. The molecule has 1 atom stereocenters. The molecule has 0 N–H and O–H groups in total. The number of hydrogen-bond donors (Lipinski definition) is 0. The van der Waals surface area contributed by atoms with Gasteiger partial charge in [0.25, 0.3) is 0 Å². The highest BCUT2D eigenvalue weighted by molar-refractivity contribution is 5.76. The number of benzene rings is 2. The van der Waals surface area contributed by atoms with Crippen LogP contribution < -0.4 is 9.64 Å². The zero-order chi connectivity index (χ0) is 17.7. The predicted molar refractivity (Wildman–Crippen MR) is 102 cm³/mol. The van der Waals surface area contributed by atoms with Crippen molar-refractivity contribution in [2.24, 2.45) is 0 Å². The van der Waals surface area contributed by atoms with Gasteiger partial charge in [-0.2, -0.15) is 0 Å². The molecule has 3 nitrogen and oxygen atoms in total. The minimum absolute atomic E-state index is 0.192. The van der Waals surface area contributed by atoms with Crippen molar-refractivity contribution in [2.75, 3.05) is 11.9 Å². The van der Waals surface area contributed by atoms with Crippen LogP contribution in [0.15, 0.2) is 54.6 Å². The average molecular weight is 331 g/mol. The number of anilines is 1. The summed E-state index contributed by atoms with van der Waals surface area (Å²) in [6.45, 7) is 4.46. The molecule has 2 aliphatic heterocycles. The molecule has 0 radical (unpaired) electrons. The molecule has 126 valence electrons. The van der Waals surface area contributed by atoms with Gasteiger partial charge in [-0.15, -0.1) is 0 Å². The topological polar surface area (TPSA) is 29.5 Å². The summed E-state index contributed by atoms with van der Waals surface area (Å²) < 4.78 is 6.60. The summed E-state index contributed by atoms with van der Waals surface area (Å²) in [5.41, 5.74) is 3.76. The zero-order valence-corrected chi connectivity index (χ0v) is 14.7. The van der Waals surface area contributed by atoms with Gasteiger partial charge in [0, 0.05) is 18.3 Å². The normalized spacial score (nSPS) is 22.8. The summed E-state index contributed by atoms with van der Waals surface area (Å²) >= 11 is 0. The van der Waals surface area contributed by atoms with E-state index in [1.165, 1.54) is 17.3 Å². The second kappa shape index (κ2) is 5.35. The van der Waals surface area contributed by atoms with Crippen molar-refractivity contribution in [2.45, 2.75) is 25.0 Å². The first kappa shape index (κ1) is 15.7. The van der Waals surface area contributed by atoms with Gasteiger partial charge in [-0.3, -0.25) is 4.79 Å². The lowest BCUT2D eigenvalue weighted by Gasteiger charge is -2.45. The van der Waals surface area contributed by atoms with E-state index in [9.17, 15) is 4.79 Å². The quantitative estimate of drug-likeness (QED) is 0.602. The Balaban J connectivity index is 1.79. The standard InChI is InChI=1S/C22H21NO2/c1-21(2)18-8-4-5-9-19(18)23(3)22(21)13-12-17-15-16(7-6-14-24)10-11-20(17)25-22/h4-15H,1-3H3/b7-6-. The summed E-state index contributed by atoms with van der Waals surface area (Å²) in [4.78, 5) is 12.7. The Bertz CT molecular complexity index is 910. The number of aldehydes is 1. The van der Waals surface area contributed by atoms with Crippen LogP contribution in [0.1, 0.15) is 30.5 Å². The van der Waals surface area contributed by atoms with E-state index >= 15 is 0 Å². The Morgan fingerprint density at radius 2 is 1.92 bits per heavy atom. The smallest absolute Gasteiger partial charge is 0.211 e. The lowest BCUT2D eigenvalue weighted by molar-refractivity contribution is -0.104. The van der Waals surface area contributed by atoms with Crippen LogP contribution in [0.5, 0.6) is 5.75 Å². The van der Waals surface area contributed by atoms with Crippen molar-refractivity contribution in [1.82, 2.24) is 0 Å². The van der Waals surface area contributed by atoms with Crippen molar-refractivity contribution in [1.29, 1.82) is 0 Å². The van der Waals surface area contributed by atoms with Crippen molar-refractivity contribution in [3.8, 4) is 5.75 Å². The zero-order valence-electron chi connectivity index (χ0n) is 14.7. The molecule has 0 saturated heterocycles. The minimum Gasteiger partial charge on any atom is -0.463 e. The number of fused-ring (bicyclic) bond motifs is 2. The Labute approximate surface area is 148 Å². The third-order valence-electron chi connectivity index (χ3n) is 5.49. The third kappa shape index (κ3) is 2.08. The van der Waals surface area contributed by atoms with E-state index in [1.54, 1.807) is 6.08 Å². The second-order valence-electron chi connectivity index (χ2n) is 7.13. The monoisotopic (exact) mass is 331 g/mol. The summed E-state index contributed by atoms with van der Waals surface area (Å²) in [7, 11) is 2.09. The first-order valence-corrected chi connectivity index (χ1v) is 8.47. The van der Waals surface area contributed by atoms with E-state index < -0.39 is 5.72 Å². The first-order valence-electron chi connectivity index (χ1n) is 8.47. The Kier molecular flexibility index (Phi) is 3.36. The van der Waals surface area contributed by atoms with Gasteiger partial charge in [0.1, 0.15) is 12.0 Å². The predicted octanol–water partition coefficient (Wildman–Crippen LogP) is 4.43. The molecule has 0 bridgehead atoms. The van der Waals surface area contributed by atoms with E-state index in [-0.39, 0.29) is 5.41 Å². The number of carbonyl (C=O) groups excluding carboxylic acids is 1. The third-order valence-corrected chi connectivity index (χ3v) is 5.49. The first-order chi connectivity index (χ1) is 12.0. The van der Waals surface area contributed by atoms with E-state index in [2.05, 4.69) is 62.2 Å². The molecule has 0 aromatic heterocycles. The Morgan fingerprint density at radius 1 is 1.12 bits per heavy atom. The highest BCUT2D eigenvalue weighted by Crippen LogP contribution is 2.54. The molecule has 4 rings (SSSR count). The summed E-state index contributed by atoms with van der Waals surface area (Å²) in [5.74, 6) is 0.860. The van der Waals surface area contributed by atoms with Gasteiger partial charge in [-0.1, -0.05) is 30.3 Å². The van der Waals surface area contributed by atoms with Gasteiger partial charge in [-0.05, 0) is 61.4 Å². The molecule has 2 heterocycles. The highest BCUT2D eigenvalue weighted by Gasteiger charge is 2.57. The lowest BCUT2D eigenvalue weighted by Crippen LogP contribution is -2.58. The molecule has 0 amide bonds. The lowest BCUT2D eigenvalue weighted by atomic mass is 9.76. The van der Waals surface area contributed by atoms with Crippen molar-refractivity contribution >= 4 is 24.1 Å². The SMILES string of the molecule is CN1c2ccccc2C(C)(C)C12C=Cc1cc(/C=C\C=O)ccc1O2. The molecule has 2 aromatic rings. The number of allylic oxidation sites excluding steroid dienone is 1. The molecule has 3 heteroatoms. The molecular formula is C22H21NO2. The van der Waals surface area contributed by atoms with Gasteiger partial charge in [0.2, 0.25) is 5.72 Å². The Morgan fingerprint density at radius 3 is 2.68 bits per heavy atom. The molecule has 2 aliphatic rings. The van der Waals surface area contributed by atoms with Crippen molar-refractivity contribution in [3.63, 3.8) is 0 Å². The summed E-state index contributed by atoms with van der Waals surface area (Å²) in [6, 6.07) is 14.5. The van der Waals surface area contributed by atoms with Crippen LogP contribution in [0.25, 0.3) is 12.2 Å². The maximum atomic E-state index is 10.5. The molecule has 1 unspecified atom stereocenters. The fourth-order valence-electron chi connectivity index (χ4n) is 4.05. The van der Waals surface area contributed by atoms with Crippen LogP contribution in [0.2, 0.25) is 0 Å². The molecule has 0 saturated carbocycles. The number of hydrogen-bond acceptors (Lipinski definition) is 3. The second-order valence-corrected chi connectivity index (χ2v) is 7.13. The van der Waals surface area contributed by atoms with Crippen LogP contribution >= 0.6 is 0 Å². The number of ether oxygens (including phenoxy) is 1. The highest BCUT2D eigenvalue weighted by atomic mass is 16.5. The van der Waals surface area contributed by atoms with E-state index in [0.717, 1.165) is 23.2 Å². The van der Waals surface area contributed by atoms with Gasteiger partial charge in [0.15, 0.2) is 0 Å². The summed E-state index contributed by atoms with van der Waals surface area (Å²) in [5, 5.41) is 0. The fourth-order valence-corrected chi connectivity index (χ4v) is 4.05. The van der Waals surface area contributed by atoms with Crippen molar-refractivity contribution < 1.29 is 9.53 Å². The fraction of sp³-hybridized carbons (Fsp3) is 0.227.